The molecule has 126 valence electrons. The second-order valence-corrected chi connectivity index (χ2v) is 7.42. The summed E-state index contributed by atoms with van der Waals surface area (Å²) in [7, 11) is 0. The highest BCUT2D eigenvalue weighted by atomic mass is 32.1. The number of aliphatic hydroxyl groups excluding tert-OH is 1. The van der Waals surface area contributed by atoms with Crippen molar-refractivity contribution < 1.29 is 9.90 Å². The van der Waals surface area contributed by atoms with Gasteiger partial charge in [0.25, 0.3) is 5.91 Å². The standard InChI is InChI=1S/C18H21N3O2S/c22-16-11-21(18(23)17-9-19-12-24-17)8-6-15(16)20-7-5-13-3-1-2-4-14(13)10-20/h1-4,9,12,15-16,22H,5-8,10-11H2. The maximum atomic E-state index is 12.4. The highest BCUT2D eigenvalue weighted by Crippen LogP contribution is 2.26. The summed E-state index contributed by atoms with van der Waals surface area (Å²) in [5.74, 6) is -0.0148. The number of fused-ring (bicyclic) bond motifs is 1. The van der Waals surface area contributed by atoms with Gasteiger partial charge in [0.1, 0.15) is 4.88 Å². The molecule has 0 saturated carbocycles. The highest BCUT2D eigenvalue weighted by Gasteiger charge is 2.35. The van der Waals surface area contributed by atoms with Crippen LogP contribution in [0.25, 0.3) is 0 Å². The molecule has 1 aromatic heterocycles. The largest absolute Gasteiger partial charge is 0.390 e. The van der Waals surface area contributed by atoms with E-state index in [1.54, 1.807) is 16.6 Å². The van der Waals surface area contributed by atoms with Crippen LogP contribution in [0.15, 0.2) is 36.0 Å². The van der Waals surface area contributed by atoms with Crippen molar-refractivity contribution in [2.24, 2.45) is 0 Å². The molecule has 4 rings (SSSR count). The van der Waals surface area contributed by atoms with Crippen molar-refractivity contribution in [2.75, 3.05) is 19.6 Å². The van der Waals surface area contributed by atoms with Crippen LogP contribution in [0.1, 0.15) is 27.2 Å². The molecule has 1 amide bonds. The van der Waals surface area contributed by atoms with E-state index in [4.69, 9.17) is 0 Å². The van der Waals surface area contributed by atoms with Gasteiger partial charge in [-0.3, -0.25) is 14.7 Å². The summed E-state index contributed by atoms with van der Waals surface area (Å²) in [4.78, 5) is 21.2. The van der Waals surface area contributed by atoms with Gasteiger partial charge in [-0.05, 0) is 24.0 Å². The zero-order valence-corrected chi connectivity index (χ0v) is 14.3. The number of aliphatic hydroxyl groups is 1. The molecule has 24 heavy (non-hydrogen) atoms. The van der Waals surface area contributed by atoms with Crippen LogP contribution in [-0.4, -0.2) is 57.6 Å². The number of amides is 1. The lowest BCUT2D eigenvalue weighted by Gasteiger charge is -2.43. The van der Waals surface area contributed by atoms with E-state index in [0.717, 1.165) is 25.9 Å². The highest BCUT2D eigenvalue weighted by molar-refractivity contribution is 7.11. The van der Waals surface area contributed by atoms with Crippen LogP contribution in [0, 0.1) is 0 Å². The quantitative estimate of drug-likeness (QED) is 0.903. The fraction of sp³-hybridized carbons (Fsp3) is 0.444. The first-order valence-corrected chi connectivity index (χ1v) is 9.27. The molecule has 0 aliphatic carbocycles. The second-order valence-electron chi connectivity index (χ2n) is 6.53. The van der Waals surface area contributed by atoms with Crippen molar-refractivity contribution in [2.45, 2.75) is 31.5 Å². The van der Waals surface area contributed by atoms with Gasteiger partial charge in [-0.2, -0.15) is 0 Å². The van der Waals surface area contributed by atoms with Crippen LogP contribution >= 0.6 is 11.3 Å². The Morgan fingerprint density at radius 2 is 2.08 bits per heavy atom. The van der Waals surface area contributed by atoms with Gasteiger partial charge >= 0.3 is 0 Å². The van der Waals surface area contributed by atoms with Crippen LogP contribution in [0.3, 0.4) is 0 Å². The van der Waals surface area contributed by atoms with Gasteiger partial charge in [0.15, 0.2) is 0 Å². The van der Waals surface area contributed by atoms with E-state index in [1.807, 2.05) is 0 Å². The second kappa shape index (κ2) is 6.63. The minimum Gasteiger partial charge on any atom is -0.390 e. The number of likely N-dealkylation sites (tertiary alicyclic amines) is 1. The van der Waals surface area contributed by atoms with E-state index in [2.05, 4.69) is 34.1 Å². The van der Waals surface area contributed by atoms with Crippen molar-refractivity contribution in [3.8, 4) is 0 Å². The minimum absolute atomic E-state index is 0.0148. The lowest BCUT2D eigenvalue weighted by molar-refractivity contribution is -0.0136. The number of carbonyl (C=O) groups excluding carboxylic acids is 1. The minimum atomic E-state index is -0.499. The maximum absolute atomic E-state index is 12.4. The third-order valence-electron chi connectivity index (χ3n) is 5.11. The Morgan fingerprint density at radius 3 is 2.83 bits per heavy atom. The molecule has 1 fully saturated rings. The van der Waals surface area contributed by atoms with Crippen molar-refractivity contribution >= 4 is 17.2 Å². The first kappa shape index (κ1) is 15.7. The number of rotatable bonds is 2. The van der Waals surface area contributed by atoms with E-state index < -0.39 is 6.10 Å². The summed E-state index contributed by atoms with van der Waals surface area (Å²) in [6, 6.07) is 8.67. The number of nitrogens with zero attached hydrogens (tertiary/aromatic N) is 3. The molecule has 2 aliphatic heterocycles. The molecule has 0 bridgehead atoms. The number of carbonyl (C=O) groups is 1. The number of hydrogen-bond acceptors (Lipinski definition) is 5. The number of piperidine rings is 1. The number of thiazole rings is 1. The first-order chi connectivity index (χ1) is 11.7. The van der Waals surface area contributed by atoms with E-state index >= 15 is 0 Å². The Hall–Kier alpha value is -1.76. The van der Waals surface area contributed by atoms with Gasteiger partial charge in [0, 0.05) is 32.2 Å². The molecule has 1 aromatic carbocycles. The van der Waals surface area contributed by atoms with Crippen molar-refractivity contribution in [3.05, 3.63) is 52.0 Å². The van der Waals surface area contributed by atoms with Gasteiger partial charge < -0.3 is 10.0 Å². The van der Waals surface area contributed by atoms with Gasteiger partial charge in [-0.15, -0.1) is 11.3 Å². The summed E-state index contributed by atoms with van der Waals surface area (Å²) in [6.45, 7) is 2.96. The summed E-state index contributed by atoms with van der Waals surface area (Å²) >= 11 is 1.35. The smallest absolute Gasteiger partial charge is 0.265 e. The molecule has 6 heteroatoms. The first-order valence-electron chi connectivity index (χ1n) is 8.39. The summed E-state index contributed by atoms with van der Waals surface area (Å²) < 4.78 is 0. The van der Waals surface area contributed by atoms with Crippen molar-refractivity contribution in [1.29, 1.82) is 0 Å². The number of aromatic nitrogens is 1. The van der Waals surface area contributed by atoms with E-state index in [0.29, 0.717) is 18.0 Å². The molecule has 2 unspecified atom stereocenters. The van der Waals surface area contributed by atoms with Crippen LogP contribution in [0.4, 0.5) is 0 Å². The Kier molecular flexibility index (Phi) is 4.35. The topological polar surface area (TPSA) is 56.7 Å². The molecule has 1 N–H and O–H groups in total. The third kappa shape index (κ3) is 2.97. The van der Waals surface area contributed by atoms with E-state index in [1.165, 1.54) is 22.5 Å². The average Bonchev–Trinajstić information content (AvgIpc) is 3.15. The van der Waals surface area contributed by atoms with E-state index in [-0.39, 0.29) is 11.9 Å². The summed E-state index contributed by atoms with van der Waals surface area (Å²) in [6.07, 6.45) is 2.95. The summed E-state index contributed by atoms with van der Waals surface area (Å²) in [5.41, 5.74) is 4.45. The molecule has 2 aliphatic rings. The predicted octanol–water partition coefficient (Wildman–Crippen LogP) is 1.78. The van der Waals surface area contributed by atoms with Crippen molar-refractivity contribution in [1.82, 2.24) is 14.8 Å². The Labute approximate surface area is 145 Å². The molecular formula is C18H21N3O2S. The molecule has 2 atom stereocenters. The SMILES string of the molecule is O=C(c1cncs1)N1CCC(N2CCc3ccccc3C2)C(O)C1. The van der Waals surface area contributed by atoms with E-state index in [9.17, 15) is 9.90 Å². The maximum Gasteiger partial charge on any atom is 0.265 e. The number of benzene rings is 1. The number of β-amino-alcohol motifs (C(OH)–C–C–N with tert-alkyl or cyclic N) is 1. The monoisotopic (exact) mass is 343 g/mol. The fourth-order valence-electron chi connectivity index (χ4n) is 3.81. The Morgan fingerprint density at radius 1 is 1.25 bits per heavy atom. The lowest BCUT2D eigenvalue weighted by Crippen LogP contribution is -2.56. The van der Waals surface area contributed by atoms with Gasteiger partial charge in [-0.1, -0.05) is 24.3 Å². The van der Waals surface area contributed by atoms with Crippen LogP contribution < -0.4 is 0 Å². The predicted molar refractivity (Wildman–Crippen MR) is 93.0 cm³/mol. The molecule has 3 heterocycles. The molecule has 0 spiro atoms. The molecule has 0 radical (unpaired) electrons. The van der Waals surface area contributed by atoms with Gasteiger partial charge in [-0.25, -0.2) is 0 Å². The zero-order chi connectivity index (χ0) is 16.5. The average molecular weight is 343 g/mol. The number of hydrogen-bond donors (Lipinski definition) is 1. The van der Waals surface area contributed by atoms with Crippen molar-refractivity contribution in [3.63, 3.8) is 0 Å². The van der Waals surface area contributed by atoms with Crippen LogP contribution in [-0.2, 0) is 13.0 Å². The van der Waals surface area contributed by atoms with Crippen LogP contribution in [0.5, 0.6) is 0 Å². The summed E-state index contributed by atoms with van der Waals surface area (Å²) in [5, 5.41) is 10.6. The Bertz CT molecular complexity index is 719. The Balaban J connectivity index is 1.42. The van der Waals surface area contributed by atoms with Gasteiger partial charge in [0.05, 0.1) is 17.8 Å². The normalized spacial score (nSPS) is 24.6. The van der Waals surface area contributed by atoms with Gasteiger partial charge in [0.2, 0.25) is 0 Å². The molecule has 2 aromatic rings. The molecule has 5 nitrogen and oxygen atoms in total. The third-order valence-corrected chi connectivity index (χ3v) is 5.87. The fourth-order valence-corrected chi connectivity index (χ4v) is 4.39. The lowest BCUT2D eigenvalue weighted by atomic mass is 9.94. The molecular weight excluding hydrogens is 322 g/mol. The zero-order valence-electron chi connectivity index (χ0n) is 13.5. The molecule has 1 saturated heterocycles. The van der Waals surface area contributed by atoms with Crippen LogP contribution in [0.2, 0.25) is 0 Å².